The lowest BCUT2D eigenvalue weighted by molar-refractivity contribution is 0.140. The van der Waals surface area contributed by atoms with Crippen molar-refractivity contribution in [3.8, 4) is 5.88 Å². The zero-order chi connectivity index (χ0) is 14.4. The second kappa shape index (κ2) is 7.28. The minimum atomic E-state index is 0.517. The molecule has 1 heterocycles. The molecule has 0 radical (unpaired) electrons. The zero-order valence-electron chi connectivity index (χ0n) is 12.9. The van der Waals surface area contributed by atoms with Crippen LogP contribution >= 0.6 is 0 Å². The van der Waals surface area contributed by atoms with Gasteiger partial charge in [0.15, 0.2) is 0 Å². The number of hydrogen-bond acceptors (Lipinski definition) is 5. The number of nitrogens with zero attached hydrogens (tertiary/aromatic N) is 3. The summed E-state index contributed by atoms with van der Waals surface area (Å²) in [5.41, 5.74) is 0. The molecule has 0 atom stereocenters. The van der Waals surface area contributed by atoms with Gasteiger partial charge in [0.2, 0.25) is 5.88 Å². The molecule has 0 aliphatic heterocycles. The van der Waals surface area contributed by atoms with E-state index < -0.39 is 0 Å². The first kappa shape index (κ1) is 15.7. The van der Waals surface area contributed by atoms with Crippen LogP contribution in [0.1, 0.15) is 33.5 Å². The third-order valence-corrected chi connectivity index (χ3v) is 3.00. The molecule has 0 bridgehead atoms. The highest BCUT2D eigenvalue weighted by Gasteiger charge is 2.13. The van der Waals surface area contributed by atoms with E-state index in [0.717, 1.165) is 12.4 Å². The molecule has 1 aromatic rings. The minimum Gasteiger partial charge on any atom is -0.476 e. The normalized spacial score (nSPS) is 11.4. The van der Waals surface area contributed by atoms with E-state index in [9.17, 15) is 0 Å². The summed E-state index contributed by atoms with van der Waals surface area (Å²) in [6, 6.07) is 2.86. The van der Waals surface area contributed by atoms with E-state index in [4.69, 9.17) is 4.74 Å². The molecule has 5 nitrogen and oxygen atoms in total. The number of hydrogen-bond donors (Lipinski definition) is 1. The molecule has 0 amide bonds. The summed E-state index contributed by atoms with van der Waals surface area (Å²) in [6.07, 6.45) is 0. The van der Waals surface area contributed by atoms with Crippen LogP contribution in [-0.2, 0) is 0 Å². The first-order valence-electron chi connectivity index (χ1n) is 6.86. The number of aryl methyl sites for hydroxylation is 1. The number of ether oxygens (including phenoxy) is 1. The molecule has 108 valence electrons. The Kier molecular flexibility index (Phi) is 6.02. The van der Waals surface area contributed by atoms with Crippen LogP contribution < -0.4 is 10.1 Å². The molecule has 0 unspecified atom stereocenters. The van der Waals surface area contributed by atoms with E-state index in [1.807, 2.05) is 20.0 Å². The molecule has 0 saturated carbocycles. The van der Waals surface area contributed by atoms with Gasteiger partial charge in [0.25, 0.3) is 0 Å². The Morgan fingerprint density at radius 3 is 2.37 bits per heavy atom. The lowest BCUT2D eigenvalue weighted by Gasteiger charge is -2.30. The quantitative estimate of drug-likeness (QED) is 0.821. The molecule has 0 aliphatic carbocycles. The number of rotatable bonds is 7. The van der Waals surface area contributed by atoms with Crippen LogP contribution in [-0.4, -0.2) is 47.2 Å². The molecule has 0 aliphatic rings. The number of anilines is 1. The van der Waals surface area contributed by atoms with Crippen LogP contribution in [0.3, 0.4) is 0 Å². The maximum Gasteiger partial charge on any atom is 0.218 e. The molecular formula is C14H26N4O. The molecule has 0 fully saturated rings. The van der Waals surface area contributed by atoms with Gasteiger partial charge in [-0.1, -0.05) is 0 Å². The molecule has 19 heavy (non-hydrogen) atoms. The van der Waals surface area contributed by atoms with E-state index in [1.165, 1.54) is 0 Å². The molecule has 1 aromatic heterocycles. The lowest BCUT2D eigenvalue weighted by Crippen LogP contribution is -2.39. The second-order valence-electron chi connectivity index (χ2n) is 5.16. The fourth-order valence-corrected chi connectivity index (χ4v) is 2.11. The SMILES string of the molecule is CNc1cc(OCCN(C(C)C)C(C)C)nc(C)n1. The first-order chi connectivity index (χ1) is 8.93. The Morgan fingerprint density at radius 1 is 1.21 bits per heavy atom. The first-order valence-corrected chi connectivity index (χ1v) is 6.86. The number of aromatic nitrogens is 2. The van der Waals surface area contributed by atoms with Crippen molar-refractivity contribution in [3.63, 3.8) is 0 Å². The van der Waals surface area contributed by atoms with Gasteiger partial charge in [-0.15, -0.1) is 0 Å². The van der Waals surface area contributed by atoms with Gasteiger partial charge in [-0.2, -0.15) is 4.98 Å². The summed E-state index contributed by atoms with van der Waals surface area (Å²) < 4.78 is 5.73. The molecular weight excluding hydrogens is 240 g/mol. The van der Waals surface area contributed by atoms with Crippen LogP contribution in [0.5, 0.6) is 5.88 Å². The topological polar surface area (TPSA) is 50.3 Å². The monoisotopic (exact) mass is 266 g/mol. The van der Waals surface area contributed by atoms with Gasteiger partial charge in [-0.25, -0.2) is 4.98 Å². The predicted molar refractivity (Wildman–Crippen MR) is 78.8 cm³/mol. The van der Waals surface area contributed by atoms with Crippen molar-refractivity contribution in [2.24, 2.45) is 0 Å². The van der Waals surface area contributed by atoms with Gasteiger partial charge in [-0.05, 0) is 34.6 Å². The maximum absolute atomic E-state index is 5.73. The molecule has 1 N–H and O–H groups in total. The summed E-state index contributed by atoms with van der Waals surface area (Å²) in [5.74, 6) is 2.13. The second-order valence-corrected chi connectivity index (χ2v) is 5.16. The van der Waals surface area contributed by atoms with Crippen molar-refractivity contribution in [1.29, 1.82) is 0 Å². The third-order valence-electron chi connectivity index (χ3n) is 3.00. The highest BCUT2D eigenvalue weighted by Crippen LogP contribution is 2.13. The van der Waals surface area contributed by atoms with Gasteiger partial charge < -0.3 is 10.1 Å². The molecule has 0 aromatic carbocycles. The summed E-state index contributed by atoms with van der Waals surface area (Å²) in [4.78, 5) is 10.9. The highest BCUT2D eigenvalue weighted by molar-refractivity contribution is 5.37. The minimum absolute atomic E-state index is 0.517. The third kappa shape index (κ3) is 5.03. The average molecular weight is 266 g/mol. The summed E-state index contributed by atoms with van der Waals surface area (Å²) >= 11 is 0. The van der Waals surface area contributed by atoms with Gasteiger partial charge in [0.1, 0.15) is 18.2 Å². The van der Waals surface area contributed by atoms with E-state index in [0.29, 0.717) is 30.4 Å². The molecule has 1 rings (SSSR count). The van der Waals surface area contributed by atoms with E-state index in [-0.39, 0.29) is 0 Å². The molecule has 5 heteroatoms. The summed E-state index contributed by atoms with van der Waals surface area (Å²) in [5, 5.41) is 3.00. The van der Waals surface area contributed by atoms with Gasteiger partial charge in [-0.3, -0.25) is 4.90 Å². The van der Waals surface area contributed by atoms with Crippen LogP contribution in [0.15, 0.2) is 6.07 Å². The van der Waals surface area contributed by atoms with Crippen molar-refractivity contribution >= 4 is 5.82 Å². The van der Waals surface area contributed by atoms with E-state index in [1.54, 1.807) is 0 Å². The fourth-order valence-electron chi connectivity index (χ4n) is 2.11. The van der Waals surface area contributed by atoms with Gasteiger partial charge >= 0.3 is 0 Å². The Balaban J connectivity index is 2.55. The van der Waals surface area contributed by atoms with Crippen molar-refractivity contribution in [1.82, 2.24) is 14.9 Å². The smallest absolute Gasteiger partial charge is 0.218 e. The van der Waals surface area contributed by atoms with Crippen molar-refractivity contribution in [2.75, 3.05) is 25.5 Å². The highest BCUT2D eigenvalue weighted by atomic mass is 16.5. The van der Waals surface area contributed by atoms with Crippen molar-refractivity contribution < 1.29 is 4.74 Å². The van der Waals surface area contributed by atoms with Gasteiger partial charge in [0, 0.05) is 31.7 Å². The van der Waals surface area contributed by atoms with Crippen LogP contribution in [0.2, 0.25) is 0 Å². The van der Waals surface area contributed by atoms with Crippen LogP contribution in [0, 0.1) is 6.92 Å². The predicted octanol–water partition coefficient (Wildman–Crippen LogP) is 2.32. The lowest BCUT2D eigenvalue weighted by atomic mass is 10.2. The average Bonchev–Trinajstić information content (AvgIpc) is 2.32. The fraction of sp³-hybridized carbons (Fsp3) is 0.714. The van der Waals surface area contributed by atoms with Crippen molar-refractivity contribution in [2.45, 2.75) is 46.7 Å². The standard InChI is InChI=1S/C14H26N4O/c1-10(2)18(11(3)4)7-8-19-14-9-13(15-6)16-12(5)17-14/h9-11H,7-8H2,1-6H3,(H,15,16,17). The summed E-state index contributed by atoms with van der Waals surface area (Å²) in [7, 11) is 1.84. The maximum atomic E-state index is 5.73. The van der Waals surface area contributed by atoms with E-state index >= 15 is 0 Å². The largest absolute Gasteiger partial charge is 0.476 e. The Hall–Kier alpha value is -1.36. The van der Waals surface area contributed by atoms with E-state index in [2.05, 4.69) is 47.9 Å². The Labute approximate surface area is 116 Å². The summed E-state index contributed by atoms with van der Waals surface area (Å²) in [6.45, 7) is 12.2. The Morgan fingerprint density at radius 2 is 1.84 bits per heavy atom. The van der Waals surface area contributed by atoms with Gasteiger partial charge in [0.05, 0.1) is 0 Å². The van der Waals surface area contributed by atoms with Crippen molar-refractivity contribution in [3.05, 3.63) is 11.9 Å². The van der Waals surface area contributed by atoms with Crippen LogP contribution in [0.4, 0.5) is 5.82 Å². The Bertz CT molecular complexity index is 385. The number of nitrogens with one attached hydrogen (secondary N) is 1. The van der Waals surface area contributed by atoms with Crippen LogP contribution in [0.25, 0.3) is 0 Å². The zero-order valence-corrected chi connectivity index (χ0v) is 12.9. The molecule has 0 saturated heterocycles. The molecule has 0 spiro atoms.